The predicted octanol–water partition coefficient (Wildman–Crippen LogP) is 1.00. The summed E-state index contributed by atoms with van der Waals surface area (Å²) >= 11 is 0. The summed E-state index contributed by atoms with van der Waals surface area (Å²) in [5, 5.41) is 13.5. The average molecular weight is 465 g/mol. The van der Waals surface area contributed by atoms with Crippen LogP contribution >= 0.6 is 0 Å². The number of rotatable bonds is 9. The molecule has 0 radical (unpaired) electrons. The second kappa shape index (κ2) is 11.3. The van der Waals surface area contributed by atoms with Crippen molar-refractivity contribution in [1.82, 2.24) is 4.90 Å². The number of quaternary nitrogens is 1. The smallest absolute Gasteiger partial charge is 0.295 e. The molecule has 1 N–H and O–H groups in total. The summed E-state index contributed by atoms with van der Waals surface area (Å²) in [6.07, 6.45) is 1.64. The number of hydrogen-bond donors (Lipinski definition) is 1. The molecule has 2 saturated heterocycles. The van der Waals surface area contributed by atoms with E-state index >= 15 is 0 Å². The van der Waals surface area contributed by atoms with Gasteiger partial charge in [-0.3, -0.25) is 9.59 Å². The largest absolute Gasteiger partial charge is 0.872 e. The Kier molecular flexibility index (Phi) is 7.98. The Morgan fingerprint density at radius 1 is 1.09 bits per heavy atom. The minimum Gasteiger partial charge on any atom is -0.872 e. The first-order valence-corrected chi connectivity index (χ1v) is 12.1. The second-order valence-corrected chi connectivity index (χ2v) is 8.72. The van der Waals surface area contributed by atoms with Gasteiger partial charge in [-0.15, -0.1) is 0 Å². The van der Waals surface area contributed by atoms with Gasteiger partial charge in [-0.1, -0.05) is 55.1 Å². The highest BCUT2D eigenvalue weighted by atomic mass is 16.5. The maximum atomic E-state index is 13.5. The summed E-state index contributed by atoms with van der Waals surface area (Å²) in [7, 11) is 0. The Balaban J connectivity index is 1.61. The van der Waals surface area contributed by atoms with Crippen molar-refractivity contribution >= 4 is 17.4 Å². The zero-order chi connectivity index (χ0) is 23.9. The van der Waals surface area contributed by atoms with Crippen LogP contribution < -0.4 is 14.7 Å². The Labute approximate surface area is 200 Å². The molecule has 0 saturated carbocycles. The molecule has 2 aromatic carbocycles. The molecule has 180 valence electrons. The summed E-state index contributed by atoms with van der Waals surface area (Å²) in [6, 6.07) is 15.4. The third-order valence-electron chi connectivity index (χ3n) is 6.36. The van der Waals surface area contributed by atoms with Crippen LogP contribution in [0.2, 0.25) is 0 Å². The minimum absolute atomic E-state index is 0.0251. The lowest BCUT2D eigenvalue weighted by Crippen LogP contribution is -3.14. The Hall–Kier alpha value is -3.16. The number of Topliss-reactive ketones (excluding diaryl/α,β-unsaturated/α-hetero) is 1. The number of ether oxygens (including phenoxy) is 2. The van der Waals surface area contributed by atoms with E-state index < -0.39 is 23.5 Å². The lowest BCUT2D eigenvalue weighted by molar-refractivity contribution is -0.908. The molecule has 7 heteroatoms. The molecule has 0 bridgehead atoms. The van der Waals surface area contributed by atoms with Crippen molar-refractivity contribution in [2.75, 3.05) is 46.0 Å². The highest BCUT2D eigenvalue weighted by molar-refractivity contribution is 6.46. The molecule has 2 aliphatic rings. The summed E-state index contributed by atoms with van der Waals surface area (Å²) in [5.41, 5.74) is 1.17. The fraction of sp³-hybridized carbons (Fsp3) is 0.407. The van der Waals surface area contributed by atoms with Crippen LogP contribution in [-0.2, 0) is 14.3 Å². The van der Waals surface area contributed by atoms with Gasteiger partial charge in [0, 0.05) is 18.5 Å². The maximum Gasteiger partial charge on any atom is 0.295 e. The van der Waals surface area contributed by atoms with Gasteiger partial charge in [0.05, 0.1) is 32.4 Å². The zero-order valence-electron chi connectivity index (χ0n) is 19.6. The molecular formula is C27H32N2O5. The Morgan fingerprint density at radius 3 is 2.47 bits per heavy atom. The van der Waals surface area contributed by atoms with E-state index in [0.29, 0.717) is 24.5 Å². The van der Waals surface area contributed by atoms with Crippen LogP contribution in [0.5, 0.6) is 5.75 Å². The van der Waals surface area contributed by atoms with Gasteiger partial charge in [-0.2, -0.15) is 0 Å². The number of amides is 1. The second-order valence-electron chi connectivity index (χ2n) is 8.72. The van der Waals surface area contributed by atoms with Crippen molar-refractivity contribution in [3.8, 4) is 5.75 Å². The number of nitrogens with one attached hydrogen (secondary N) is 1. The van der Waals surface area contributed by atoms with Crippen molar-refractivity contribution in [3.63, 3.8) is 0 Å². The number of ketones is 1. The normalized spacial score (nSPS) is 20.6. The van der Waals surface area contributed by atoms with E-state index in [0.717, 1.165) is 51.3 Å². The predicted molar refractivity (Wildman–Crippen MR) is 126 cm³/mol. The summed E-state index contributed by atoms with van der Waals surface area (Å²) < 4.78 is 11.0. The number of carbonyl (C=O) groups excluding carboxylic acids is 2. The molecule has 4 rings (SSSR count). The highest BCUT2D eigenvalue weighted by Gasteiger charge is 2.43. The topological polar surface area (TPSA) is 83.3 Å². The quantitative estimate of drug-likeness (QED) is 0.340. The van der Waals surface area contributed by atoms with Crippen LogP contribution in [0.3, 0.4) is 0 Å². The maximum absolute atomic E-state index is 13.5. The molecule has 0 aliphatic carbocycles. The van der Waals surface area contributed by atoms with E-state index in [1.54, 1.807) is 29.2 Å². The number of benzene rings is 2. The number of likely N-dealkylation sites (tertiary alicyclic amines) is 1. The lowest BCUT2D eigenvalue weighted by Gasteiger charge is -2.29. The first-order chi connectivity index (χ1) is 16.6. The zero-order valence-corrected chi connectivity index (χ0v) is 19.6. The minimum atomic E-state index is -0.705. The third kappa shape index (κ3) is 5.32. The number of hydrogen-bond acceptors (Lipinski definition) is 5. The van der Waals surface area contributed by atoms with E-state index in [1.807, 2.05) is 37.3 Å². The van der Waals surface area contributed by atoms with E-state index in [1.165, 1.54) is 4.90 Å². The van der Waals surface area contributed by atoms with Gasteiger partial charge in [-0.25, -0.2) is 0 Å². The van der Waals surface area contributed by atoms with Crippen LogP contribution in [0.1, 0.15) is 36.9 Å². The molecule has 2 aliphatic heterocycles. The van der Waals surface area contributed by atoms with Crippen LogP contribution in [0.4, 0.5) is 0 Å². The van der Waals surface area contributed by atoms with Crippen molar-refractivity contribution in [2.45, 2.75) is 25.8 Å². The van der Waals surface area contributed by atoms with Crippen molar-refractivity contribution < 1.29 is 29.1 Å². The molecule has 1 amide bonds. The first kappa shape index (κ1) is 24.0. The molecule has 0 aromatic heterocycles. The van der Waals surface area contributed by atoms with E-state index in [4.69, 9.17) is 9.47 Å². The van der Waals surface area contributed by atoms with Crippen LogP contribution in [-0.4, -0.2) is 62.6 Å². The lowest BCUT2D eigenvalue weighted by atomic mass is 9.95. The van der Waals surface area contributed by atoms with Crippen LogP contribution in [0.25, 0.3) is 5.76 Å². The number of nitrogens with zero attached hydrogens (tertiary/aromatic N) is 1. The van der Waals surface area contributed by atoms with Crippen molar-refractivity contribution in [1.29, 1.82) is 0 Å². The monoisotopic (exact) mass is 464 g/mol. The molecule has 1 atom stereocenters. The van der Waals surface area contributed by atoms with Gasteiger partial charge in [0.15, 0.2) is 0 Å². The van der Waals surface area contributed by atoms with Gasteiger partial charge in [0.1, 0.15) is 18.8 Å². The van der Waals surface area contributed by atoms with Crippen LogP contribution in [0.15, 0.2) is 60.2 Å². The summed E-state index contributed by atoms with van der Waals surface area (Å²) in [4.78, 5) is 29.1. The number of carbonyl (C=O) groups is 2. The van der Waals surface area contributed by atoms with Gasteiger partial charge in [0.25, 0.3) is 5.91 Å². The van der Waals surface area contributed by atoms with Gasteiger partial charge < -0.3 is 24.4 Å². The molecular weight excluding hydrogens is 432 g/mol. The van der Waals surface area contributed by atoms with Gasteiger partial charge >= 0.3 is 0 Å². The standard InChI is InChI=1S/C27H32N2O5/c1-2-17-34-22-11-9-21(10-12-22)25(30)23-24(20-7-4-3-5-8-20)29(27(32)26(23)31)14-6-13-28-15-18-33-19-16-28/h3-5,7-12,24,30H,2,6,13-19H2,1H3. The molecule has 0 spiro atoms. The van der Waals surface area contributed by atoms with Gasteiger partial charge in [-0.05, 0) is 29.7 Å². The molecule has 7 nitrogen and oxygen atoms in total. The Morgan fingerprint density at radius 2 is 1.79 bits per heavy atom. The van der Waals surface area contributed by atoms with Crippen molar-refractivity contribution in [3.05, 3.63) is 71.3 Å². The van der Waals surface area contributed by atoms with Crippen LogP contribution in [0, 0.1) is 0 Å². The van der Waals surface area contributed by atoms with Gasteiger partial charge in [0.2, 0.25) is 5.78 Å². The fourth-order valence-corrected chi connectivity index (χ4v) is 4.57. The average Bonchev–Trinajstić information content (AvgIpc) is 3.13. The third-order valence-corrected chi connectivity index (χ3v) is 6.36. The molecule has 2 aromatic rings. The number of morpholine rings is 1. The SMILES string of the molecule is CCCOc1ccc(C([O-])=C2C(=O)C(=O)N(CCC[NH+]3CCOCC3)C2c2ccccc2)cc1. The van der Waals surface area contributed by atoms with E-state index in [2.05, 4.69) is 0 Å². The highest BCUT2D eigenvalue weighted by Crippen LogP contribution is 2.38. The first-order valence-electron chi connectivity index (χ1n) is 12.1. The van der Waals surface area contributed by atoms with Crippen molar-refractivity contribution in [2.24, 2.45) is 0 Å². The molecule has 1 unspecified atom stereocenters. The molecule has 2 heterocycles. The summed E-state index contributed by atoms with van der Waals surface area (Å²) in [5.74, 6) is -1.04. The molecule has 34 heavy (non-hydrogen) atoms. The fourth-order valence-electron chi connectivity index (χ4n) is 4.57. The van der Waals surface area contributed by atoms with E-state index in [-0.39, 0.29) is 5.57 Å². The molecule has 2 fully saturated rings. The van der Waals surface area contributed by atoms with E-state index in [9.17, 15) is 14.7 Å². The Bertz CT molecular complexity index is 1010. The summed E-state index contributed by atoms with van der Waals surface area (Å²) in [6.45, 7) is 7.32.